The summed E-state index contributed by atoms with van der Waals surface area (Å²) in [5, 5.41) is 0. The Morgan fingerprint density at radius 3 is 2.53 bits per heavy atom. The number of imidazole rings is 1. The third-order valence-corrected chi connectivity index (χ3v) is 5.47. The van der Waals surface area contributed by atoms with Gasteiger partial charge in [-0.3, -0.25) is 0 Å². The number of esters is 1. The minimum Gasteiger partial charge on any atom is -0.479 e. The summed E-state index contributed by atoms with van der Waals surface area (Å²) in [7, 11) is 3.00. The number of rotatable bonds is 8. The standard InChI is InChI=1S/C25H26N4O3/c1-4-5-10-21-28-23-22(24(31-2)27-16-26-23)29(21)15-17-11-13-18(14-12-17)19-8-6-7-9-20(19)25(30)32-3/h6-9,11-14,16H,4-5,10,15H2,1-3H3. The summed E-state index contributed by atoms with van der Waals surface area (Å²) < 4.78 is 12.6. The zero-order chi connectivity index (χ0) is 22.5. The number of benzene rings is 2. The lowest BCUT2D eigenvalue weighted by Gasteiger charge is -2.12. The van der Waals surface area contributed by atoms with E-state index >= 15 is 0 Å². The molecule has 2 aromatic heterocycles. The van der Waals surface area contributed by atoms with Crippen molar-refractivity contribution in [3.63, 3.8) is 0 Å². The van der Waals surface area contributed by atoms with Crippen molar-refractivity contribution >= 4 is 17.1 Å². The van der Waals surface area contributed by atoms with Crippen LogP contribution in [0.15, 0.2) is 54.9 Å². The van der Waals surface area contributed by atoms with Gasteiger partial charge in [0.05, 0.1) is 19.8 Å². The SMILES string of the molecule is CCCCc1nc2ncnc(OC)c2n1Cc1ccc(-c2ccccc2C(=O)OC)cc1. The molecule has 0 saturated heterocycles. The lowest BCUT2D eigenvalue weighted by Crippen LogP contribution is -2.07. The van der Waals surface area contributed by atoms with E-state index in [1.54, 1.807) is 13.2 Å². The van der Waals surface area contributed by atoms with Crippen LogP contribution in [0.2, 0.25) is 0 Å². The van der Waals surface area contributed by atoms with Gasteiger partial charge >= 0.3 is 5.97 Å². The highest BCUT2D eigenvalue weighted by atomic mass is 16.5. The predicted molar refractivity (Wildman–Crippen MR) is 123 cm³/mol. The van der Waals surface area contributed by atoms with E-state index < -0.39 is 0 Å². The maximum Gasteiger partial charge on any atom is 0.338 e. The van der Waals surface area contributed by atoms with E-state index in [2.05, 4.69) is 33.6 Å². The zero-order valence-corrected chi connectivity index (χ0v) is 18.5. The molecule has 0 spiro atoms. The van der Waals surface area contributed by atoms with Crippen LogP contribution in [0.3, 0.4) is 0 Å². The highest BCUT2D eigenvalue weighted by Gasteiger charge is 2.17. The highest BCUT2D eigenvalue weighted by Crippen LogP contribution is 2.27. The second-order valence-corrected chi connectivity index (χ2v) is 7.51. The fourth-order valence-electron chi connectivity index (χ4n) is 3.82. The third-order valence-electron chi connectivity index (χ3n) is 5.47. The number of ether oxygens (including phenoxy) is 2. The zero-order valence-electron chi connectivity index (χ0n) is 18.5. The van der Waals surface area contributed by atoms with Gasteiger partial charge in [-0.2, -0.15) is 4.98 Å². The molecule has 0 aliphatic rings. The lowest BCUT2D eigenvalue weighted by molar-refractivity contribution is 0.0601. The van der Waals surface area contributed by atoms with Crippen LogP contribution in [0.5, 0.6) is 5.88 Å². The molecule has 7 heteroatoms. The van der Waals surface area contributed by atoms with E-state index in [0.717, 1.165) is 47.3 Å². The Kier molecular flexibility index (Phi) is 6.44. The number of nitrogens with zero attached hydrogens (tertiary/aromatic N) is 4. The number of unbranched alkanes of at least 4 members (excludes halogenated alkanes) is 1. The number of carbonyl (C=O) groups excluding carboxylic acids is 1. The Morgan fingerprint density at radius 1 is 1.03 bits per heavy atom. The van der Waals surface area contributed by atoms with Crippen molar-refractivity contribution in [1.29, 1.82) is 0 Å². The summed E-state index contributed by atoms with van der Waals surface area (Å²) in [5.41, 5.74) is 4.90. The molecule has 0 atom stereocenters. The van der Waals surface area contributed by atoms with Crippen molar-refractivity contribution in [3.8, 4) is 17.0 Å². The summed E-state index contributed by atoms with van der Waals surface area (Å²) >= 11 is 0. The summed E-state index contributed by atoms with van der Waals surface area (Å²) in [4.78, 5) is 25.5. The van der Waals surface area contributed by atoms with Crippen LogP contribution in [0, 0.1) is 0 Å². The van der Waals surface area contributed by atoms with Crippen molar-refractivity contribution < 1.29 is 14.3 Å². The van der Waals surface area contributed by atoms with E-state index in [9.17, 15) is 4.79 Å². The predicted octanol–water partition coefficient (Wildman–Crippen LogP) is 4.68. The molecule has 4 aromatic rings. The molecular weight excluding hydrogens is 404 g/mol. The molecule has 2 aromatic carbocycles. The van der Waals surface area contributed by atoms with Gasteiger partial charge in [0.2, 0.25) is 5.88 Å². The topological polar surface area (TPSA) is 79.1 Å². The Morgan fingerprint density at radius 2 is 1.81 bits per heavy atom. The first kappa shape index (κ1) is 21.5. The van der Waals surface area contributed by atoms with Crippen LogP contribution < -0.4 is 4.74 Å². The fourth-order valence-corrected chi connectivity index (χ4v) is 3.82. The van der Waals surface area contributed by atoms with Crippen LogP contribution in [0.25, 0.3) is 22.3 Å². The second-order valence-electron chi connectivity index (χ2n) is 7.51. The number of aryl methyl sites for hydroxylation is 1. The van der Waals surface area contributed by atoms with E-state index in [4.69, 9.17) is 14.5 Å². The second kappa shape index (κ2) is 9.60. The smallest absolute Gasteiger partial charge is 0.338 e. The maximum atomic E-state index is 12.1. The maximum absolute atomic E-state index is 12.1. The van der Waals surface area contributed by atoms with Gasteiger partial charge < -0.3 is 14.0 Å². The molecule has 4 rings (SSSR count). The van der Waals surface area contributed by atoms with Crippen LogP contribution in [0.4, 0.5) is 0 Å². The highest BCUT2D eigenvalue weighted by molar-refractivity contribution is 5.97. The van der Waals surface area contributed by atoms with Gasteiger partial charge in [-0.1, -0.05) is 55.8 Å². The van der Waals surface area contributed by atoms with Gasteiger partial charge in [-0.15, -0.1) is 0 Å². The summed E-state index contributed by atoms with van der Waals surface area (Å²) in [5.74, 6) is 1.15. The van der Waals surface area contributed by atoms with Gasteiger partial charge in [-0.05, 0) is 29.2 Å². The molecule has 0 fully saturated rings. The van der Waals surface area contributed by atoms with Crippen LogP contribution >= 0.6 is 0 Å². The molecule has 2 heterocycles. The minimum absolute atomic E-state index is 0.345. The molecule has 0 unspecified atom stereocenters. The summed E-state index contributed by atoms with van der Waals surface area (Å²) in [6.45, 7) is 2.79. The average Bonchev–Trinajstić information content (AvgIpc) is 3.20. The van der Waals surface area contributed by atoms with Crippen molar-refractivity contribution in [2.75, 3.05) is 14.2 Å². The molecule has 32 heavy (non-hydrogen) atoms. The Bertz CT molecular complexity index is 1230. The number of aromatic nitrogens is 4. The lowest BCUT2D eigenvalue weighted by atomic mass is 9.98. The number of hydrogen-bond acceptors (Lipinski definition) is 6. The van der Waals surface area contributed by atoms with Gasteiger partial charge in [0, 0.05) is 13.0 Å². The first-order chi connectivity index (χ1) is 15.7. The molecule has 164 valence electrons. The van der Waals surface area contributed by atoms with E-state index in [-0.39, 0.29) is 5.97 Å². The molecular formula is C25H26N4O3. The minimum atomic E-state index is -0.345. The first-order valence-electron chi connectivity index (χ1n) is 10.7. The quantitative estimate of drug-likeness (QED) is 0.378. The third kappa shape index (κ3) is 4.19. The number of hydrogen-bond donors (Lipinski definition) is 0. The van der Waals surface area contributed by atoms with Crippen LogP contribution in [-0.4, -0.2) is 39.7 Å². The van der Waals surface area contributed by atoms with Crippen molar-refractivity contribution in [3.05, 3.63) is 71.8 Å². The molecule has 0 amide bonds. The number of carbonyl (C=O) groups is 1. The molecule has 0 radical (unpaired) electrons. The van der Waals surface area contributed by atoms with Gasteiger partial charge in [0.25, 0.3) is 0 Å². The number of methoxy groups -OCH3 is 2. The molecule has 0 aliphatic heterocycles. The summed E-state index contributed by atoms with van der Waals surface area (Å²) in [6.07, 6.45) is 4.47. The normalized spacial score (nSPS) is 11.0. The van der Waals surface area contributed by atoms with E-state index in [1.807, 2.05) is 30.3 Å². The van der Waals surface area contributed by atoms with Gasteiger partial charge in [0.15, 0.2) is 11.2 Å². The number of fused-ring (bicyclic) bond motifs is 1. The molecule has 0 bridgehead atoms. The van der Waals surface area contributed by atoms with E-state index in [1.165, 1.54) is 13.4 Å². The fraction of sp³-hybridized carbons (Fsp3) is 0.280. The molecule has 0 N–H and O–H groups in total. The molecule has 0 aliphatic carbocycles. The van der Waals surface area contributed by atoms with Crippen LogP contribution in [0.1, 0.15) is 41.5 Å². The largest absolute Gasteiger partial charge is 0.479 e. The monoisotopic (exact) mass is 430 g/mol. The van der Waals surface area contributed by atoms with Crippen molar-refractivity contribution in [1.82, 2.24) is 19.5 Å². The Hall–Kier alpha value is -3.74. The average molecular weight is 431 g/mol. The molecule has 7 nitrogen and oxygen atoms in total. The first-order valence-corrected chi connectivity index (χ1v) is 10.7. The molecule has 0 saturated carbocycles. The summed E-state index contributed by atoms with van der Waals surface area (Å²) in [6, 6.07) is 15.6. The van der Waals surface area contributed by atoms with E-state index in [0.29, 0.717) is 23.6 Å². The Labute approximate surface area is 187 Å². The van der Waals surface area contributed by atoms with Crippen molar-refractivity contribution in [2.45, 2.75) is 32.7 Å². The Balaban J connectivity index is 1.69. The van der Waals surface area contributed by atoms with Crippen molar-refractivity contribution in [2.24, 2.45) is 0 Å². The van der Waals surface area contributed by atoms with Gasteiger partial charge in [0.1, 0.15) is 12.2 Å². The van der Waals surface area contributed by atoms with Gasteiger partial charge in [-0.25, -0.2) is 14.8 Å². The van der Waals surface area contributed by atoms with Crippen LogP contribution in [-0.2, 0) is 17.7 Å².